The Hall–Kier alpha value is -2.96. The molecule has 100 valence electrons. The standard InChI is InChI=1S/C5H6ClN11O2/c6-1-11-2(18-4(14-7)15-8)13-3(12-1)19-5(16-9)17-10/h7,9H,8,10H2. The lowest BCUT2D eigenvalue weighted by molar-refractivity contribution is 0.440. The van der Waals surface area contributed by atoms with E-state index in [1.54, 1.807) is 0 Å². The molecule has 0 radical (unpaired) electrons. The van der Waals surface area contributed by atoms with Crippen LogP contribution in [0.15, 0.2) is 20.4 Å². The fourth-order valence-corrected chi connectivity index (χ4v) is 0.870. The van der Waals surface area contributed by atoms with Gasteiger partial charge in [-0.1, -0.05) is 10.2 Å². The Balaban J connectivity index is 3.00. The van der Waals surface area contributed by atoms with Crippen LogP contribution in [-0.2, 0) is 0 Å². The van der Waals surface area contributed by atoms with Gasteiger partial charge in [-0.05, 0) is 11.6 Å². The highest BCUT2D eigenvalue weighted by Gasteiger charge is 2.12. The van der Waals surface area contributed by atoms with Crippen LogP contribution in [0.5, 0.6) is 12.0 Å². The lowest BCUT2D eigenvalue weighted by atomic mass is 10.9. The zero-order valence-electron chi connectivity index (χ0n) is 8.98. The molecule has 0 amide bonds. The van der Waals surface area contributed by atoms with Crippen LogP contribution in [0.25, 0.3) is 0 Å². The second-order valence-corrected chi connectivity index (χ2v) is 2.76. The van der Waals surface area contributed by atoms with E-state index in [-0.39, 0.29) is 5.28 Å². The molecule has 0 atom stereocenters. The van der Waals surface area contributed by atoms with Crippen molar-refractivity contribution in [3.8, 4) is 12.0 Å². The topological polar surface area (TPSA) is 206 Å². The third-order valence-electron chi connectivity index (χ3n) is 1.34. The maximum atomic E-state index is 6.67. The Morgan fingerprint density at radius 2 is 1.37 bits per heavy atom. The number of hydrogen-bond acceptors (Lipinski definition) is 11. The molecule has 0 saturated heterocycles. The molecule has 19 heavy (non-hydrogen) atoms. The molecule has 6 N–H and O–H groups in total. The normalized spacial score (nSPS) is 11.8. The number of halogens is 1. The molecule has 0 fully saturated rings. The van der Waals surface area contributed by atoms with Crippen molar-refractivity contribution in [3.63, 3.8) is 0 Å². The van der Waals surface area contributed by atoms with Gasteiger partial charge in [-0.25, -0.2) is 0 Å². The maximum Gasteiger partial charge on any atom is 0.359 e. The van der Waals surface area contributed by atoms with Gasteiger partial charge in [0.05, 0.1) is 0 Å². The van der Waals surface area contributed by atoms with Crippen LogP contribution >= 0.6 is 11.6 Å². The zero-order chi connectivity index (χ0) is 14.3. The number of hydrogen-bond donors (Lipinski definition) is 4. The van der Waals surface area contributed by atoms with Crippen LogP contribution in [0.2, 0.25) is 5.28 Å². The highest BCUT2D eigenvalue weighted by molar-refractivity contribution is 6.28. The lowest BCUT2D eigenvalue weighted by Crippen LogP contribution is -2.13. The third kappa shape index (κ3) is 4.08. The third-order valence-corrected chi connectivity index (χ3v) is 1.51. The number of aromatic nitrogens is 3. The monoisotopic (exact) mass is 287 g/mol. The first-order chi connectivity index (χ1) is 9.12. The molecule has 1 heterocycles. The van der Waals surface area contributed by atoms with Crippen LogP contribution in [0, 0.1) is 11.1 Å². The van der Waals surface area contributed by atoms with Crippen molar-refractivity contribution >= 4 is 23.6 Å². The molecule has 1 aromatic heterocycles. The summed E-state index contributed by atoms with van der Waals surface area (Å²) >= 11 is 5.57. The molecule has 0 unspecified atom stereocenters. The maximum absolute atomic E-state index is 6.67. The molecule has 0 aliphatic heterocycles. The fourth-order valence-electron chi connectivity index (χ4n) is 0.725. The highest BCUT2D eigenvalue weighted by atomic mass is 35.5. The minimum atomic E-state index is -0.522. The molecule has 0 aliphatic carbocycles. The first-order valence-corrected chi connectivity index (χ1v) is 4.58. The predicted octanol–water partition coefficient (Wildman–Crippen LogP) is -0.196. The van der Waals surface area contributed by atoms with Crippen LogP contribution < -0.4 is 21.2 Å². The Labute approximate surface area is 109 Å². The molecule has 1 aromatic rings. The van der Waals surface area contributed by atoms with Gasteiger partial charge >= 0.3 is 24.1 Å². The largest absolute Gasteiger partial charge is 0.386 e. The van der Waals surface area contributed by atoms with Crippen LogP contribution in [-0.4, -0.2) is 27.0 Å². The van der Waals surface area contributed by atoms with Gasteiger partial charge in [0.15, 0.2) is 0 Å². The van der Waals surface area contributed by atoms with Gasteiger partial charge in [-0.15, -0.1) is 15.2 Å². The molecule has 0 saturated carbocycles. The number of nitrogens with zero attached hydrogens (tertiary/aromatic N) is 7. The van der Waals surface area contributed by atoms with E-state index in [1.165, 1.54) is 0 Å². The minimum absolute atomic E-state index is 0.303. The van der Waals surface area contributed by atoms with Crippen molar-refractivity contribution < 1.29 is 9.47 Å². The van der Waals surface area contributed by atoms with Gasteiger partial charge in [0.25, 0.3) is 0 Å². The van der Waals surface area contributed by atoms with E-state index in [4.69, 9.17) is 43.8 Å². The quantitative estimate of drug-likeness (QED) is 0.189. The average Bonchev–Trinajstić information content (AvgIpc) is 2.41. The smallest absolute Gasteiger partial charge is 0.359 e. The van der Waals surface area contributed by atoms with Gasteiger partial charge < -0.3 is 21.2 Å². The average molecular weight is 288 g/mol. The summed E-state index contributed by atoms with van der Waals surface area (Å²) in [6.45, 7) is 0. The molecular weight excluding hydrogens is 282 g/mol. The molecule has 14 heteroatoms. The zero-order valence-corrected chi connectivity index (χ0v) is 9.74. The second-order valence-electron chi connectivity index (χ2n) is 2.42. The Bertz CT molecular complexity index is 498. The molecule has 0 aliphatic rings. The summed E-state index contributed by atoms with van der Waals surface area (Å²) in [5.74, 6) is 9.74. The van der Waals surface area contributed by atoms with Crippen molar-refractivity contribution in [1.82, 2.24) is 15.0 Å². The van der Waals surface area contributed by atoms with Crippen molar-refractivity contribution in [2.45, 2.75) is 0 Å². The molecule has 0 bridgehead atoms. The molecule has 1 rings (SSSR count). The van der Waals surface area contributed by atoms with Crippen molar-refractivity contribution in [2.24, 2.45) is 32.1 Å². The van der Waals surface area contributed by atoms with E-state index in [0.29, 0.717) is 0 Å². The Morgan fingerprint density at radius 3 is 1.68 bits per heavy atom. The van der Waals surface area contributed by atoms with Gasteiger partial charge in [-0.3, -0.25) is 0 Å². The number of hydrazone groups is 2. The minimum Gasteiger partial charge on any atom is -0.386 e. The molecule has 13 nitrogen and oxygen atoms in total. The van der Waals surface area contributed by atoms with Crippen LogP contribution in [0.3, 0.4) is 0 Å². The van der Waals surface area contributed by atoms with Crippen molar-refractivity contribution in [3.05, 3.63) is 5.28 Å². The molecule has 0 aromatic carbocycles. The van der Waals surface area contributed by atoms with Crippen LogP contribution in [0.4, 0.5) is 0 Å². The van der Waals surface area contributed by atoms with E-state index >= 15 is 0 Å². The van der Waals surface area contributed by atoms with E-state index in [2.05, 4.69) is 35.4 Å². The summed E-state index contributed by atoms with van der Waals surface area (Å²) in [6.07, 6.45) is 0. The molecular formula is C5H6ClN11O2. The van der Waals surface area contributed by atoms with Gasteiger partial charge in [-0.2, -0.15) is 21.0 Å². The highest BCUT2D eigenvalue weighted by Crippen LogP contribution is 2.13. The summed E-state index contributed by atoms with van der Waals surface area (Å²) in [4.78, 5) is 10.7. The van der Waals surface area contributed by atoms with Gasteiger partial charge in [0, 0.05) is 0 Å². The number of ether oxygens (including phenoxy) is 2. The number of rotatable bonds is 2. The first kappa shape index (κ1) is 14.1. The number of nitrogens with two attached hydrogens (primary N) is 2. The van der Waals surface area contributed by atoms with E-state index in [9.17, 15) is 0 Å². The van der Waals surface area contributed by atoms with Crippen LogP contribution in [0.1, 0.15) is 0 Å². The predicted molar refractivity (Wildman–Crippen MR) is 59.6 cm³/mol. The summed E-state index contributed by atoms with van der Waals surface area (Å²) in [7, 11) is 0. The summed E-state index contributed by atoms with van der Waals surface area (Å²) < 4.78 is 9.56. The number of amidine groups is 2. The first-order valence-electron chi connectivity index (χ1n) is 4.21. The summed E-state index contributed by atoms with van der Waals surface area (Å²) in [5, 5.41) is 11.4. The Kier molecular flexibility index (Phi) is 4.97. The summed E-state index contributed by atoms with van der Waals surface area (Å²) in [5.41, 5.74) is 13.3. The molecule has 0 spiro atoms. The number of nitrogens with one attached hydrogen (secondary N) is 2. The fraction of sp³-hybridized carbons (Fsp3) is 0. The van der Waals surface area contributed by atoms with Crippen molar-refractivity contribution in [2.75, 3.05) is 0 Å². The van der Waals surface area contributed by atoms with E-state index in [1.807, 2.05) is 0 Å². The van der Waals surface area contributed by atoms with Gasteiger partial charge in [0.2, 0.25) is 5.28 Å². The SMILES string of the molecule is N=NC(=NN)Oc1nc(Cl)nc(OC(N=N)=NN)n1. The van der Waals surface area contributed by atoms with E-state index < -0.39 is 24.1 Å². The summed E-state index contributed by atoms with van der Waals surface area (Å²) in [6, 6.07) is -1.83. The van der Waals surface area contributed by atoms with Gasteiger partial charge in [0.1, 0.15) is 0 Å². The lowest BCUT2D eigenvalue weighted by Gasteiger charge is -2.03. The van der Waals surface area contributed by atoms with Crippen molar-refractivity contribution in [1.29, 1.82) is 11.1 Å². The second kappa shape index (κ2) is 6.70. The van der Waals surface area contributed by atoms with E-state index in [0.717, 1.165) is 0 Å². The Morgan fingerprint density at radius 1 is 0.947 bits per heavy atom.